The summed E-state index contributed by atoms with van der Waals surface area (Å²) in [5, 5.41) is 8.84. The predicted molar refractivity (Wildman–Crippen MR) is 198 cm³/mol. The number of carbonyl (C=O) groups is 6. The second-order valence-corrected chi connectivity index (χ2v) is 16.9. The van der Waals surface area contributed by atoms with Crippen molar-refractivity contribution in [2.75, 3.05) is 13.1 Å². The molecule has 0 unspecified atom stereocenters. The Labute approximate surface area is 309 Å². The summed E-state index contributed by atoms with van der Waals surface area (Å²) in [6.45, 7) is 13.9. The molecule has 1 aromatic heterocycles. The van der Waals surface area contributed by atoms with E-state index in [9.17, 15) is 28.8 Å². The molecule has 0 spiro atoms. The van der Waals surface area contributed by atoms with Crippen LogP contribution in [0.1, 0.15) is 130 Å². The summed E-state index contributed by atoms with van der Waals surface area (Å²) in [5.41, 5.74) is -0.478. The van der Waals surface area contributed by atoms with Gasteiger partial charge >= 0.3 is 0 Å². The van der Waals surface area contributed by atoms with E-state index in [-0.39, 0.29) is 65.8 Å². The largest absolute Gasteiger partial charge is 0.347 e. The number of fused-ring (bicyclic) bond motifs is 1. The molecule has 3 fully saturated rings. The molecule has 7 atom stereocenters. The first kappa shape index (κ1) is 41.2. The van der Waals surface area contributed by atoms with E-state index in [1.165, 1.54) is 18.6 Å². The van der Waals surface area contributed by atoms with Gasteiger partial charge in [-0.25, -0.2) is 4.98 Å². The summed E-state index contributed by atoms with van der Waals surface area (Å²) in [5.74, 6) is -2.72. The van der Waals surface area contributed by atoms with Gasteiger partial charge in [0.2, 0.25) is 11.7 Å². The van der Waals surface area contributed by atoms with Crippen molar-refractivity contribution in [3.63, 3.8) is 0 Å². The average Bonchev–Trinajstić information content (AvgIpc) is 3.72. The molecular formula is C40H62N6O6. The molecule has 0 radical (unpaired) electrons. The summed E-state index contributed by atoms with van der Waals surface area (Å²) in [7, 11) is 0. The highest BCUT2D eigenvalue weighted by atomic mass is 16.2. The molecule has 2 heterocycles. The first-order valence-corrected chi connectivity index (χ1v) is 19.6. The minimum atomic E-state index is -0.813. The topological polar surface area (TPSA) is 168 Å². The average molecular weight is 723 g/mol. The number of hydrogen-bond donors (Lipinski definition) is 3. The Balaban J connectivity index is 1.53. The van der Waals surface area contributed by atoms with Crippen LogP contribution in [-0.4, -0.2) is 87.2 Å². The van der Waals surface area contributed by atoms with Crippen LogP contribution in [-0.2, 0) is 24.0 Å². The Morgan fingerprint density at radius 3 is 2.25 bits per heavy atom. The smallest absolute Gasteiger partial charge is 0.289 e. The SMILES string of the molecule is CCC[C@H](NCC(=O)[C@@H]1[C@H]2CCC[C@H]2CN1C(=O)[C@@H](CC(=O)[C@@H](NC(=O)c1cnccn1)C1CCCCC1)C(C)(C)C)C(=O)C(=O)N[C@@H](C)C(C)C. The van der Waals surface area contributed by atoms with Gasteiger partial charge in [-0.1, -0.05) is 73.6 Å². The minimum Gasteiger partial charge on any atom is -0.347 e. The summed E-state index contributed by atoms with van der Waals surface area (Å²) in [6, 6.07) is -2.43. The number of hydrogen-bond acceptors (Lipinski definition) is 9. The molecule has 0 bridgehead atoms. The number of rotatable bonds is 17. The predicted octanol–water partition coefficient (Wildman–Crippen LogP) is 4.46. The van der Waals surface area contributed by atoms with Gasteiger partial charge in [0.05, 0.1) is 30.9 Å². The third kappa shape index (κ3) is 10.3. The summed E-state index contributed by atoms with van der Waals surface area (Å²) >= 11 is 0. The highest BCUT2D eigenvalue weighted by Gasteiger charge is 2.51. The lowest BCUT2D eigenvalue weighted by molar-refractivity contribution is -0.146. The first-order chi connectivity index (χ1) is 24.6. The van der Waals surface area contributed by atoms with Gasteiger partial charge in [0.25, 0.3) is 11.8 Å². The zero-order chi connectivity index (χ0) is 38.2. The van der Waals surface area contributed by atoms with E-state index in [1.54, 1.807) is 4.90 Å². The lowest BCUT2D eigenvalue weighted by atomic mass is 9.74. The lowest BCUT2D eigenvalue weighted by Crippen LogP contribution is -2.54. The number of nitrogens with zero attached hydrogens (tertiary/aromatic N) is 3. The highest BCUT2D eigenvalue weighted by Crippen LogP contribution is 2.44. The molecular weight excluding hydrogens is 660 g/mol. The van der Waals surface area contributed by atoms with E-state index < -0.39 is 47.1 Å². The fraction of sp³-hybridized carbons (Fsp3) is 0.750. The molecule has 12 nitrogen and oxygen atoms in total. The summed E-state index contributed by atoms with van der Waals surface area (Å²) < 4.78 is 0. The quantitative estimate of drug-likeness (QED) is 0.197. The number of nitrogens with one attached hydrogen (secondary N) is 3. The van der Waals surface area contributed by atoms with Gasteiger partial charge in [-0.2, -0.15) is 0 Å². The van der Waals surface area contributed by atoms with Crippen LogP contribution in [0.2, 0.25) is 0 Å². The van der Waals surface area contributed by atoms with E-state index in [2.05, 4.69) is 25.9 Å². The molecule has 1 saturated heterocycles. The standard InChI is InChI=1S/C40H62N6O6/c1-8-13-30(36(49)38(51)44-25(4)24(2)3)43-22-33(48)35-28-17-12-16-27(28)23-46(35)39(52)29(40(5,6)7)20-32(47)34(26-14-10-9-11-15-26)45-37(50)31-21-41-18-19-42-31/h18-19,21,24-30,34-35,43H,8-17,20,22-23H2,1-7H3,(H,44,51)(H,45,50)/t25-,27-,28-,29+,30-,34-,35-/m0/s1. The van der Waals surface area contributed by atoms with E-state index in [0.29, 0.717) is 19.4 Å². The lowest BCUT2D eigenvalue weighted by Gasteiger charge is -2.37. The van der Waals surface area contributed by atoms with Crippen molar-refractivity contribution >= 4 is 35.1 Å². The Hall–Kier alpha value is -3.54. The van der Waals surface area contributed by atoms with Crippen molar-refractivity contribution in [3.8, 4) is 0 Å². The third-order valence-corrected chi connectivity index (χ3v) is 11.8. The molecule has 1 aliphatic heterocycles. The van der Waals surface area contributed by atoms with Crippen molar-refractivity contribution in [2.24, 2.45) is 35.0 Å². The van der Waals surface area contributed by atoms with E-state index in [0.717, 1.165) is 51.4 Å². The van der Waals surface area contributed by atoms with Crippen LogP contribution in [0.3, 0.4) is 0 Å². The Morgan fingerprint density at radius 2 is 1.63 bits per heavy atom. The molecule has 12 heteroatoms. The zero-order valence-corrected chi connectivity index (χ0v) is 32.4. The Morgan fingerprint density at radius 1 is 0.923 bits per heavy atom. The van der Waals surface area contributed by atoms with Crippen LogP contribution < -0.4 is 16.0 Å². The maximum Gasteiger partial charge on any atom is 0.289 e. The second-order valence-electron chi connectivity index (χ2n) is 16.9. The highest BCUT2D eigenvalue weighted by molar-refractivity contribution is 6.38. The molecule has 2 saturated carbocycles. The van der Waals surface area contributed by atoms with Crippen LogP contribution in [0.5, 0.6) is 0 Å². The van der Waals surface area contributed by atoms with Gasteiger partial charge in [-0.15, -0.1) is 0 Å². The first-order valence-electron chi connectivity index (χ1n) is 19.6. The molecule has 3 amide bonds. The van der Waals surface area contributed by atoms with E-state index in [1.807, 2.05) is 48.5 Å². The van der Waals surface area contributed by atoms with Gasteiger partial charge in [0.1, 0.15) is 5.69 Å². The molecule has 0 aromatic carbocycles. The molecule has 288 valence electrons. The van der Waals surface area contributed by atoms with Crippen molar-refractivity contribution in [2.45, 2.75) is 143 Å². The van der Waals surface area contributed by atoms with Crippen molar-refractivity contribution < 1.29 is 28.8 Å². The van der Waals surface area contributed by atoms with Gasteiger partial charge in [-0.05, 0) is 68.1 Å². The van der Waals surface area contributed by atoms with Crippen molar-refractivity contribution in [1.82, 2.24) is 30.8 Å². The number of aromatic nitrogens is 2. The summed E-state index contributed by atoms with van der Waals surface area (Å²) in [4.78, 5) is 92.2. The van der Waals surface area contributed by atoms with E-state index in [4.69, 9.17) is 0 Å². The number of amides is 3. The van der Waals surface area contributed by atoms with Gasteiger partial charge in [-0.3, -0.25) is 33.8 Å². The van der Waals surface area contributed by atoms with Crippen LogP contribution >= 0.6 is 0 Å². The second kappa shape index (κ2) is 18.5. The zero-order valence-electron chi connectivity index (χ0n) is 32.4. The van der Waals surface area contributed by atoms with Gasteiger partial charge in [0.15, 0.2) is 11.6 Å². The van der Waals surface area contributed by atoms with Crippen LogP contribution in [0, 0.1) is 35.0 Å². The maximum absolute atomic E-state index is 14.7. The number of Topliss-reactive ketones (excluding diaryl/α,β-unsaturated/α-hetero) is 3. The van der Waals surface area contributed by atoms with Crippen LogP contribution in [0.4, 0.5) is 0 Å². The molecule has 1 aromatic rings. The number of ketones is 3. The minimum absolute atomic E-state index is 0.00587. The molecule has 4 rings (SSSR count). The molecule has 52 heavy (non-hydrogen) atoms. The molecule has 3 N–H and O–H groups in total. The van der Waals surface area contributed by atoms with E-state index >= 15 is 0 Å². The third-order valence-electron chi connectivity index (χ3n) is 11.8. The van der Waals surface area contributed by atoms with Crippen molar-refractivity contribution in [3.05, 3.63) is 24.3 Å². The fourth-order valence-corrected chi connectivity index (χ4v) is 8.34. The Kier molecular flexibility index (Phi) is 14.6. The molecule has 2 aliphatic carbocycles. The number of carbonyl (C=O) groups excluding carboxylic acids is 6. The normalized spacial score (nSPS) is 23.0. The number of likely N-dealkylation sites (tertiary alicyclic amines) is 1. The van der Waals surface area contributed by atoms with Gasteiger partial charge < -0.3 is 20.9 Å². The van der Waals surface area contributed by atoms with Crippen LogP contribution in [0.15, 0.2) is 18.6 Å². The monoisotopic (exact) mass is 722 g/mol. The Bertz CT molecular complexity index is 1420. The molecule has 3 aliphatic rings. The fourth-order valence-electron chi connectivity index (χ4n) is 8.34. The van der Waals surface area contributed by atoms with Crippen LogP contribution in [0.25, 0.3) is 0 Å². The van der Waals surface area contributed by atoms with Gasteiger partial charge in [0, 0.05) is 37.3 Å². The van der Waals surface area contributed by atoms with Crippen molar-refractivity contribution in [1.29, 1.82) is 0 Å². The maximum atomic E-state index is 14.7. The summed E-state index contributed by atoms with van der Waals surface area (Å²) in [6.07, 6.45) is 12.7.